The van der Waals surface area contributed by atoms with Gasteiger partial charge in [-0.25, -0.2) is 0 Å². The number of carboxylic acids is 2. The molecule has 10 nitrogen and oxygen atoms in total. The van der Waals surface area contributed by atoms with Crippen LogP contribution in [0.5, 0.6) is 0 Å². The summed E-state index contributed by atoms with van der Waals surface area (Å²) in [7, 11) is 0. The Hall–Kier alpha value is -2.65. The van der Waals surface area contributed by atoms with Crippen molar-refractivity contribution in [3.05, 3.63) is 0 Å². The minimum Gasteiger partial charge on any atom is -0.481 e. The number of rotatable bonds is 10. The van der Waals surface area contributed by atoms with Gasteiger partial charge in [-0.3, -0.25) is 24.0 Å². The van der Waals surface area contributed by atoms with Crippen LogP contribution in [0.15, 0.2) is 0 Å². The van der Waals surface area contributed by atoms with E-state index in [2.05, 4.69) is 14.2 Å². The van der Waals surface area contributed by atoms with Crippen molar-refractivity contribution < 1.29 is 48.4 Å². The van der Waals surface area contributed by atoms with Gasteiger partial charge in [-0.15, -0.1) is 0 Å². The maximum Gasteiger partial charge on any atom is 0.317 e. The SMILES string of the molecule is O=COCC(COC(=O)CC(=O)O)OC(=O)CC(=O)O. The molecule has 0 aromatic heterocycles. The molecule has 10 heteroatoms. The second-order valence-electron chi connectivity index (χ2n) is 3.37. The number of ether oxygens (including phenoxy) is 3. The van der Waals surface area contributed by atoms with E-state index in [0.717, 1.165) is 0 Å². The van der Waals surface area contributed by atoms with Crippen LogP contribution in [0.25, 0.3) is 0 Å². The third-order valence-corrected chi connectivity index (χ3v) is 1.67. The Morgan fingerprint density at radius 3 is 2.00 bits per heavy atom. The number of hydrogen-bond acceptors (Lipinski definition) is 8. The van der Waals surface area contributed by atoms with Gasteiger partial charge in [0.1, 0.15) is 26.1 Å². The average Bonchev–Trinajstić information content (AvgIpc) is 2.30. The molecule has 0 aromatic carbocycles. The van der Waals surface area contributed by atoms with Gasteiger partial charge in [0.05, 0.1) is 0 Å². The summed E-state index contributed by atoms with van der Waals surface area (Å²) < 4.78 is 13.4. The summed E-state index contributed by atoms with van der Waals surface area (Å²) >= 11 is 0. The number of carbonyl (C=O) groups excluding carboxylic acids is 3. The maximum atomic E-state index is 11.1. The predicted molar refractivity (Wildman–Crippen MR) is 57.4 cm³/mol. The highest BCUT2D eigenvalue weighted by atomic mass is 16.6. The van der Waals surface area contributed by atoms with Gasteiger partial charge < -0.3 is 24.4 Å². The first kappa shape index (κ1) is 17.4. The number of aliphatic carboxylic acids is 2. The highest BCUT2D eigenvalue weighted by Gasteiger charge is 2.20. The molecule has 0 aliphatic rings. The molecule has 1 atom stereocenters. The molecule has 0 fully saturated rings. The maximum absolute atomic E-state index is 11.1. The molecular weight excluding hydrogens is 280 g/mol. The molecule has 0 aliphatic heterocycles. The molecule has 0 saturated heterocycles. The summed E-state index contributed by atoms with van der Waals surface area (Å²) in [5, 5.41) is 16.7. The molecule has 0 saturated carbocycles. The summed E-state index contributed by atoms with van der Waals surface area (Å²) in [5.74, 6) is -5.03. The first-order valence-corrected chi connectivity index (χ1v) is 5.19. The Morgan fingerprint density at radius 2 is 1.50 bits per heavy atom. The number of carbonyl (C=O) groups is 5. The molecular formula is C10H12O10. The molecule has 2 N–H and O–H groups in total. The van der Waals surface area contributed by atoms with Crippen molar-refractivity contribution in [3.63, 3.8) is 0 Å². The normalized spacial score (nSPS) is 11.0. The number of carboxylic acid groups (broad SMARTS) is 2. The second kappa shape index (κ2) is 9.30. The van der Waals surface area contributed by atoms with E-state index in [0.29, 0.717) is 0 Å². The summed E-state index contributed by atoms with van der Waals surface area (Å²) in [5.41, 5.74) is 0. The van der Waals surface area contributed by atoms with Gasteiger partial charge in [-0.2, -0.15) is 0 Å². The van der Waals surface area contributed by atoms with E-state index in [-0.39, 0.29) is 6.47 Å². The van der Waals surface area contributed by atoms with Gasteiger partial charge in [-0.05, 0) is 0 Å². The molecule has 0 amide bonds. The lowest BCUT2D eigenvalue weighted by Crippen LogP contribution is -2.30. The van der Waals surface area contributed by atoms with Gasteiger partial charge in [0, 0.05) is 0 Å². The van der Waals surface area contributed by atoms with Gasteiger partial charge in [0.25, 0.3) is 6.47 Å². The van der Waals surface area contributed by atoms with Crippen molar-refractivity contribution in [3.8, 4) is 0 Å². The largest absolute Gasteiger partial charge is 0.481 e. The van der Waals surface area contributed by atoms with Crippen molar-refractivity contribution >= 4 is 30.3 Å². The average molecular weight is 292 g/mol. The van der Waals surface area contributed by atoms with Gasteiger partial charge in [-0.1, -0.05) is 0 Å². The van der Waals surface area contributed by atoms with Gasteiger partial charge in [0.15, 0.2) is 6.10 Å². The fraction of sp³-hybridized carbons (Fsp3) is 0.500. The van der Waals surface area contributed by atoms with Crippen LogP contribution >= 0.6 is 0 Å². The summed E-state index contributed by atoms with van der Waals surface area (Å²) in [4.78, 5) is 52.5. The molecule has 0 heterocycles. The number of esters is 2. The van der Waals surface area contributed by atoms with E-state index in [9.17, 15) is 24.0 Å². The van der Waals surface area contributed by atoms with E-state index in [1.807, 2.05) is 0 Å². The highest BCUT2D eigenvalue weighted by Crippen LogP contribution is 2.00. The van der Waals surface area contributed by atoms with Crippen molar-refractivity contribution in [2.45, 2.75) is 18.9 Å². The Labute approximate surface area is 112 Å². The monoisotopic (exact) mass is 292 g/mol. The molecule has 0 rings (SSSR count). The third-order valence-electron chi connectivity index (χ3n) is 1.67. The van der Waals surface area contributed by atoms with E-state index in [4.69, 9.17) is 10.2 Å². The summed E-state index contributed by atoms with van der Waals surface area (Å²) in [6.07, 6.45) is -3.02. The van der Waals surface area contributed by atoms with Crippen LogP contribution in [-0.2, 0) is 38.2 Å². The molecule has 112 valence electrons. The topological polar surface area (TPSA) is 154 Å². The molecule has 0 aliphatic carbocycles. The van der Waals surface area contributed by atoms with E-state index in [1.54, 1.807) is 0 Å². The van der Waals surface area contributed by atoms with Crippen molar-refractivity contribution in [1.29, 1.82) is 0 Å². The minimum absolute atomic E-state index is 0.0527. The van der Waals surface area contributed by atoms with Crippen molar-refractivity contribution in [2.24, 2.45) is 0 Å². The lowest BCUT2D eigenvalue weighted by atomic mass is 10.3. The molecule has 0 spiro atoms. The van der Waals surface area contributed by atoms with E-state index in [1.165, 1.54) is 0 Å². The lowest BCUT2D eigenvalue weighted by molar-refractivity contribution is -0.167. The Balaban J connectivity index is 4.29. The highest BCUT2D eigenvalue weighted by molar-refractivity contribution is 5.90. The predicted octanol–water partition coefficient (Wildman–Crippen LogP) is -1.44. The Bertz CT molecular complexity index is 387. The van der Waals surface area contributed by atoms with Crippen LogP contribution < -0.4 is 0 Å². The zero-order valence-electron chi connectivity index (χ0n) is 10.1. The summed E-state index contributed by atoms with van der Waals surface area (Å²) in [6.45, 7) is -0.975. The fourth-order valence-corrected chi connectivity index (χ4v) is 0.974. The molecule has 0 radical (unpaired) electrons. The van der Waals surface area contributed by atoms with Crippen LogP contribution in [0.3, 0.4) is 0 Å². The number of hydrogen-bond donors (Lipinski definition) is 2. The fourth-order valence-electron chi connectivity index (χ4n) is 0.974. The van der Waals surface area contributed by atoms with Crippen LogP contribution in [0.4, 0.5) is 0 Å². The lowest BCUT2D eigenvalue weighted by Gasteiger charge is -2.16. The van der Waals surface area contributed by atoms with Gasteiger partial charge >= 0.3 is 23.9 Å². The van der Waals surface area contributed by atoms with Crippen LogP contribution in [0, 0.1) is 0 Å². The zero-order chi connectivity index (χ0) is 15.5. The van der Waals surface area contributed by atoms with Crippen molar-refractivity contribution in [1.82, 2.24) is 0 Å². The molecule has 1 unspecified atom stereocenters. The molecule has 0 bridgehead atoms. The Morgan fingerprint density at radius 1 is 0.950 bits per heavy atom. The van der Waals surface area contributed by atoms with E-state index < -0.39 is 56.0 Å². The summed E-state index contributed by atoms with van der Waals surface area (Å²) in [6, 6.07) is 0. The van der Waals surface area contributed by atoms with Crippen molar-refractivity contribution in [2.75, 3.05) is 13.2 Å². The Kier molecular flexibility index (Phi) is 8.07. The third kappa shape index (κ3) is 9.39. The minimum atomic E-state index is -1.42. The smallest absolute Gasteiger partial charge is 0.317 e. The van der Waals surface area contributed by atoms with E-state index >= 15 is 0 Å². The van der Waals surface area contributed by atoms with Crippen LogP contribution in [-0.4, -0.2) is 59.9 Å². The molecule has 20 heavy (non-hydrogen) atoms. The molecule has 0 aromatic rings. The standard InChI is InChI=1S/C10H12O10/c11-5-18-3-6(20-10(17)2-8(14)15)4-19-9(16)1-7(12)13/h5-6H,1-4H2,(H,12,13)(H,14,15). The quantitative estimate of drug-likeness (QED) is 0.212. The first-order chi connectivity index (χ1) is 9.35. The van der Waals surface area contributed by atoms with Crippen LogP contribution in [0.2, 0.25) is 0 Å². The second-order valence-corrected chi connectivity index (χ2v) is 3.37. The van der Waals surface area contributed by atoms with Crippen LogP contribution in [0.1, 0.15) is 12.8 Å². The van der Waals surface area contributed by atoms with Gasteiger partial charge in [0.2, 0.25) is 0 Å². The first-order valence-electron chi connectivity index (χ1n) is 5.19. The zero-order valence-corrected chi connectivity index (χ0v) is 10.1.